The summed E-state index contributed by atoms with van der Waals surface area (Å²) in [6.45, 7) is 10.8. The van der Waals surface area contributed by atoms with Crippen LogP contribution in [0.25, 0.3) is 0 Å². The number of carboxylic acid groups (broad SMARTS) is 2. The van der Waals surface area contributed by atoms with Gasteiger partial charge in [0.2, 0.25) is 0 Å². The van der Waals surface area contributed by atoms with Crippen LogP contribution in [0.1, 0.15) is 39.5 Å². The summed E-state index contributed by atoms with van der Waals surface area (Å²) in [5, 5.41) is 15.5. The van der Waals surface area contributed by atoms with Gasteiger partial charge in [0.15, 0.2) is 0 Å². The third-order valence-electron chi connectivity index (χ3n) is 2.34. The fourth-order valence-corrected chi connectivity index (χ4v) is 1.59. The molecule has 0 saturated heterocycles. The molecular formula is C13H25NO4. The van der Waals surface area contributed by atoms with Crippen LogP contribution in [-0.2, 0) is 9.59 Å². The molecule has 0 spiro atoms. The number of hydrogen-bond acceptors (Lipinski definition) is 3. The van der Waals surface area contributed by atoms with E-state index in [1.165, 1.54) is 0 Å². The Morgan fingerprint density at radius 3 is 2.00 bits per heavy atom. The van der Waals surface area contributed by atoms with Crippen molar-refractivity contribution in [3.05, 3.63) is 12.2 Å². The van der Waals surface area contributed by atoms with Crippen molar-refractivity contribution in [2.75, 3.05) is 19.6 Å². The Kier molecular flexibility index (Phi) is 14.5. The Balaban J connectivity index is 0. The molecule has 0 heterocycles. The second-order valence-corrected chi connectivity index (χ2v) is 3.96. The van der Waals surface area contributed by atoms with E-state index in [4.69, 9.17) is 15.0 Å². The molecule has 0 aromatic rings. The summed E-state index contributed by atoms with van der Waals surface area (Å²) in [7, 11) is 0. The van der Waals surface area contributed by atoms with Gasteiger partial charge in [0, 0.05) is 5.57 Å². The van der Waals surface area contributed by atoms with Crippen LogP contribution >= 0.6 is 0 Å². The fourth-order valence-electron chi connectivity index (χ4n) is 1.59. The van der Waals surface area contributed by atoms with Crippen LogP contribution in [-0.4, -0.2) is 47.2 Å². The molecule has 2 N–H and O–H groups in total. The molecule has 0 aliphatic heterocycles. The van der Waals surface area contributed by atoms with Gasteiger partial charge >= 0.3 is 5.97 Å². The van der Waals surface area contributed by atoms with Gasteiger partial charge in [-0.3, -0.25) is 4.79 Å². The minimum Gasteiger partial charge on any atom is -0.483 e. The first-order chi connectivity index (χ1) is 8.53. The van der Waals surface area contributed by atoms with Crippen molar-refractivity contribution in [2.45, 2.75) is 39.5 Å². The third-order valence-corrected chi connectivity index (χ3v) is 2.34. The highest BCUT2D eigenvalue weighted by Crippen LogP contribution is 2.05. The van der Waals surface area contributed by atoms with Crippen molar-refractivity contribution in [1.82, 2.24) is 4.90 Å². The number of nitrogens with zero attached hydrogens (tertiary/aromatic N) is 1. The number of hydrogen-bond donors (Lipinski definition) is 2. The molecular weight excluding hydrogens is 234 g/mol. The first-order valence-electron chi connectivity index (χ1n) is 6.24. The van der Waals surface area contributed by atoms with E-state index in [0.29, 0.717) is 12.0 Å². The highest BCUT2D eigenvalue weighted by Gasteiger charge is 2.06. The molecule has 0 atom stereocenters. The summed E-state index contributed by atoms with van der Waals surface area (Å²) >= 11 is 0. The van der Waals surface area contributed by atoms with Crippen LogP contribution in [0.5, 0.6) is 0 Å². The van der Waals surface area contributed by atoms with Crippen LogP contribution in [0.3, 0.4) is 0 Å². The second kappa shape index (κ2) is 13.7. The molecule has 5 nitrogen and oxygen atoms in total. The van der Waals surface area contributed by atoms with Crippen molar-refractivity contribution in [2.24, 2.45) is 0 Å². The van der Waals surface area contributed by atoms with Crippen molar-refractivity contribution >= 4 is 12.4 Å². The lowest BCUT2D eigenvalue weighted by molar-refractivity contribution is -0.132. The lowest BCUT2D eigenvalue weighted by atomic mass is 10.1. The Bertz CT molecular complexity index is 235. The van der Waals surface area contributed by atoms with E-state index in [1.54, 1.807) is 0 Å². The minimum absolute atomic E-state index is 0.250. The monoisotopic (exact) mass is 259 g/mol. The molecule has 0 radical (unpaired) electrons. The van der Waals surface area contributed by atoms with Crippen LogP contribution in [0.15, 0.2) is 12.2 Å². The normalized spacial score (nSPS) is 9.50. The van der Waals surface area contributed by atoms with E-state index < -0.39 is 5.97 Å². The SMILES string of the molecule is C=C(CCCN(CCC)CCC)C(=O)O.O=CO. The maximum Gasteiger partial charge on any atom is 0.330 e. The largest absolute Gasteiger partial charge is 0.483 e. The summed E-state index contributed by atoms with van der Waals surface area (Å²) in [6, 6.07) is 0. The van der Waals surface area contributed by atoms with E-state index in [-0.39, 0.29) is 6.47 Å². The van der Waals surface area contributed by atoms with E-state index >= 15 is 0 Å². The smallest absolute Gasteiger partial charge is 0.330 e. The minimum atomic E-state index is -0.868. The Morgan fingerprint density at radius 2 is 1.67 bits per heavy atom. The molecule has 0 fully saturated rings. The molecule has 106 valence electrons. The molecule has 0 aliphatic carbocycles. The zero-order valence-electron chi connectivity index (χ0n) is 11.4. The second-order valence-electron chi connectivity index (χ2n) is 3.96. The Morgan fingerprint density at radius 1 is 1.22 bits per heavy atom. The molecule has 0 aromatic heterocycles. The lowest BCUT2D eigenvalue weighted by Crippen LogP contribution is -2.26. The maximum atomic E-state index is 10.5. The molecule has 0 aliphatic rings. The maximum absolute atomic E-state index is 10.5. The van der Waals surface area contributed by atoms with Gasteiger partial charge in [0.05, 0.1) is 0 Å². The van der Waals surface area contributed by atoms with Gasteiger partial charge in [-0.1, -0.05) is 20.4 Å². The quantitative estimate of drug-likeness (QED) is 0.490. The van der Waals surface area contributed by atoms with Gasteiger partial charge in [0.25, 0.3) is 6.47 Å². The fraction of sp³-hybridized carbons (Fsp3) is 0.692. The van der Waals surface area contributed by atoms with Gasteiger partial charge < -0.3 is 15.1 Å². The average Bonchev–Trinajstić information content (AvgIpc) is 2.30. The van der Waals surface area contributed by atoms with Crippen molar-refractivity contribution in [3.63, 3.8) is 0 Å². The summed E-state index contributed by atoms with van der Waals surface area (Å²) < 4.78 is 0. The highest BCUT2D eigenvalue weighted by atomic mass is 16.4. The first kappa shape index (κ1) is 19.0. The topological polar surface area (TPSA) is 77.8 Å². The highest BCUT2D eigenvalue weighted by molar-refractivity contribution is 5.85. The standard InChI is InChI=1S/C12H23NO2.CH2O2/c1-4-8-13(9-5-2)10-6-7-11(3)12(14)15;2-1-3/h3-10H2,1-2H3,(H,14,15);1H,(H,2,3). The van der Waals surface area contributed by atoms with Gasteiger partial charge in [-0.25, -0.2) is 4.79 Å². The third kappa shape index (κ3) is 12.7. The van der Waals surface area contributed by atoms with Gasteiger partial charge in [0.1, 0.15) is 0 Å². The predicted octanol–water partition coefficient (Wildman–Crippen LogP) is 2.23. The summed E-state index contributed by atoms with van der Waals surface area (Å²) in [6.07, 6.45) is 3.80. The van der Waals surface area contributed by atoms with E-state index in [9.17, 15) is 4.79 Å². The first-order valence-corrected chi connectivity index (χ1v) is 6.24. The number of carbonyl (C=O) groups is 2. The average molecular weight is 259 g/mol. The summed E-state index contributed by atoms with van der Waals surface area (Å²) in [5.41, 5.74) is 0.322. The zero-order valence-corrected chi connectivity index (χ0v) is 11.4. The van der Waals surface area contributed by atoms with Crippen molar-refractivity contribution in [1.29, 1.82) is 0 Å². The molecule has 5 heteroatoms. The van der Waals surface area contributed by atoms with E-state index in [1.807, 2.05) is 0 Å². The van der Waals surface area contributed by atoms with Crippen LogP contribution in [0, 0.1) is 0 Å². The number of carboxylic acids is 1. The lowest BCUT2D eigenvalue weighted by Gasteiger charge is -2.20. The molecule has 0 unspecified atom stereocenters. The molecule has 0 rings (SSSR count). The molecule has 0 aromatic carbocycles. The van der Waals surface area contributed by atoms with E-state index in [2.05, 4.69) is 25.3 Å². The zero-order chi connectivity index (χ0) is 14.4. The van der Waals surface area contributed by atoms with Gasteiger partial charge in [-0.2, -0.15) is 0 Å². The van der Waals surface area contributed by atoms with Crippen LogP contribution in [0.4, 0.5) is 0 Å². The van der Waals surface area contributed by atoms with Crippen LogP contribution < -0.4 is 0 Å². The van der Waals surface area contributed by atoms with Crippen molar-refractivity contribution < 1.29 is 19.8 Å². The van der Waals surface area contributed by atoms with Crippen LogP contribution in [0.2, 0.25) is 0 Å². The Hall–Kier alpha value is -1.36. The molecule has 0 bridgehead atoms. The summed E-state index contributed by atoms with van der Waals surface area (Å²) in [4.78, 5) is 21.3. The number of aliphatic carboxylic acids is 1. The van der Waals surface area contributed by atoms with Gasteiger partial charge in [-0.15, -0.1) is 0 Å². The van der Waals surface area contributed by atoms with E-state index in [0.717, 1.165) is 38.9 Å². The Labute approximate surface area is 109 Å². The van der Waals surface area contributed by atoms with Gasteiger partial charge in [-0.05, 0) is 45.3 Å². The molecule has 0 amide bonds. The number of rotatable bonds is 9. The molecule has 18 heavy (non-hydrogen) atoms. The predicted molar refractivity (Wildman–Crippen MR) is 71.7 cm³/mol. The molecule has 0 saturated carbocycles. The van der Waals surface area contributed by atoms with Crippen molar-refractivity contribution in [3.8, 4) is 0 Å². The summed E-state index contributed by atoms with van der Waals surface area (Å²) in [5.74, 6) is -0.868.